The molecule has 0 spiro atoms. The summed E-state index contributed by atoms with van der Waals surface area (Å²) in [5.41, 5.74) is 0.311. The van der Waals surface area contributed by atoms with Crippen LogP contribution in [-0.4, -0.2) is 29.6 Å². The molecule has 1 aromatic heterocycles. The maximum absolute atomic E-state index is 12.1. The van der Waals surface area contributed by atoms with Crippen LogP contribution in [0.1, 0.15) is 24.2 Å². The summed E-state index contributed by atoms with van der Waals surface area (Å²) in [7, 11) is 0. The molecule has 0 aliphatic carbocycles. The molecule has 0 radical (unpaired) electrons. The lowest BCUT2D eigenvalue weighted by Crippen LogP contribution is -2.30. The summed E-state index contributed by atoms with van der Waals surface area (Å²) in [6, 6.07) is 7.89. The van der Waals surface area contributed by atoms with Crippen molar-refractivity contribution in [3.63, 3.8) is 0 Å². The first-order valence-corrected chi connectivity index (χ1v) is 8.22. The van der Waals surface area contributed by atoms with Gasteiger partial charge < -0.3 is 14.8 Å². The summed E-state index contributed by atoms with van der Waals surface area (Å²) in [5, 5.41) is 3.01. The number of carbonyl (C=O) groups is 2. The van der Waals surface area contributed by atoms with Gasteiger partial charge in [-0.15, -0.1) is 0 Å². The van der Waals surface area contributed by atoms with Gasteiger partial charge >= 0.3 is 5.97 Å². The summed E-state index contributed by atoms with van der Waals surface area (Å²) < 4.78 is 10.4. The Labute approximate surface area is 155 Å². The second-order valence-corrected chi connectivity index (χ2v) is 5.82. The van der Waals surface area contributed by atoms with Crippen LogP contribution in [0.5, 0.6) is 5.75 Å². The van der Waals surface area contributed by atoms with Crippen molar-refractivity contribution >= 4 is 40.9 Å². The molecule has 0 aliphatic rings. The van der Waals surface area contributed by atoms with Gasteiger partial charge in [-0.1, -0.05) is 23.2 Å². The minimum absolute atomic E-state index is 0.139. The zero-order chi connectivity index (χ0) is 18.4. The van der Waals surface area contributed by atoms with Gasteiger partial charge in [0.05, 0.1) is 22.2 Å². The Kier molecular flexibility index (Phi) is 6.61. The molecular formula is C17H16Cl2N2O4. The zero-order valence-corrected chi connectivity index (χ0v) is 15.1. The van der Waals surface area contributed by atoms with E-state index in [0.717, 1.165) is 0 Å². The van der Waals surface area contributed by atoms with Crippen LogP contribution in [-0.2, 0) is 9.53 Å². The fourth-order valence-corrected chi connectivity index (χ4v) is 2.29. The van der Waals surface area contributed by atoms with E-state index in [1.807, 2.05) is 6.92 Å². The van der Waals surface area contributed by atoms with Crippen LogP contribution < -0.4 is 10.1 Å². The molecule has 6 nitrogen and oxygen atoms in total. The summed E-state index contributed by atoms with van der Waals surface area (Å²) in [6.45, 7) is 3.85. The highest BCUT2D eigenvalue weighted by atomic mass is 35.5. The van der Waals surface area contributed by atoms with Crippen molar-refractivity contribution in [3.8, 4) is 5.75 Å². The molecule has 0 aliphatic heterocycles. The quantitative estimate of drug-likeness (QED) is 0.764. The number of nitrogens with one attached hydrogen (secondary N) is 1. The Morgan fingerprint density at radius 2 is 1.92 bits per heavy atom. The molecule has 1 heterocycles. The first-order chi connectivity index (χ1) is 11.9. The monoisotopic (exact) mass is 382 g/mol. The molecule has 8 heteroatoms. The Balaban J connectivity index is 1.96. The minimum atomic E-state index is -1.03. The number of anilines is 1. The van der Waals surface area contributed by atoms with Gasteiger partial charge in [-0.05, 0) is 44.2 Å². The van der Waals surface area contributed by atoms with Crippen molar-refractivity contribution in [1.29, 1.82) is 0 Å². The molecular weight excluding hydrogens is 367 g/mol. The molecule has 1 N–H and O–H groups in total. The van der Waals surface area contributed by atoms with Crippen LogP contribution in [0.25, 0.3) is 0 Å². The molecule has 0 unspecified atom stereocenters. The first-order valence-electron chi connectivity index (χ1n) is 7.46. The fourth-order valence-electron chi connectivity index (χ4n) is 1.86. The number of amides is 1. The Bertz CT molecular complexity index is 766. The molecule has 25 heavy (non-hydrogen) atoms. The average Bonchev–Trinajstić information content (AvgIpc) is 2.58. The van der Waals surface area contributed by atoms with Crippen LogP contribution in [0, 0.1) is 0 Å². The van der Waals surface area contributed by atoms with Gasteiger partial charge in [-0.25, -0.2) is 9.78 Å². The minimum Gasteiger partial charge on any atom is -0.494 e. The maximum atomic E-state index is 12.1. The second-order valence-electron chi connectivity index (χ2n) is 4.98. The highest BCUT2D eigenvalue weighted by Gasteiger charge is 2.20. The third-order valence-corrected chi connectivity index (χ3v) is 3.60. The smallest absolute Gasteiger partial charge is 0.338 e. The number of rotatable bonds is 6. The van der Waals surface area contributed by atoms with E-state index in [1.54, 1.807) is 24.3 Å². The van der Waals surface area contributed by atoms with E-state index >= 15 is 0 Å². The molecule has 132 valence electrons. The van der Waals surface area contributed by atoms with Crippen LogP contribution in [0.15, 0.2) is 36.5 Å². The van der Waals surface area contributed by atoms with Crippen LogP contribution in [0.2, 0.25) is 10.0 Å². The summed E-state index contributed by atoms with van der Waals surface area (Å²) in [4.78, 5) is 28.1. The second kappa shape index (κ2) is 8.69. The van der Waals surface area contributed by atoms with E-state index in [9.17, 15) is 9.59 Å². The lowest BCUT2D eigenvalue weighted by Gasteiger charge is -2.14. The van der Waals surface area contributed by atoms with E-state index < -0.39 is 18.0 Å². The van der Waals surface area contributed by atoms with E-state index in [1.165, 1.54) is 19.2 Å². The number of ether oxygens (including phenoxy) is 2. The van der Waals surface area contributed by atoms with Gasteiger partial charge in [0.1, 0.15) is 5.75 Å². The van der Waals surface area contributed by atoms with E-state index in [-0.39, 0.29) is 10.8 Å². The summed E-state index contributed by atoms with van der Waals surface area (Å²) in [5.74, 6) is -0.398. The molecule has 0 bridgehead atoms. The van der Waals surface area contributed by atoms with Crippen LogP contribution in [0.4, 0.5) is 5.82 Å². The number of pyridine rings is 1. The molecule has 1 amide bonds. The number of halogens is 2. The standard InChI is InChI=1S/C17H16Cl2N2O4/c1-3-24-13-6-4-11(5-7-13)17(23)25-10(2)16(22)21-15-14(19)8-12(18)9-20-15/h4-10H,3H2,1-2H3,(H,20,21,22)/t10-/m1/s1. The van der Waals surface area contributed by atoms with Crippen molar-refractivity contribution in [3.05, 3.63) is 52.1 Å². The zero-order valence-electron chi connectivity index (χ0n) is 13.6. The Morgan fingerprint density at radius 1 is 1.24 bits per heavy atom. The third kappa shape index (κ3) is 5.34. The molecule has 0 fully saturated rings. The molecule has 2 rings (SSSR count). The summed E-state index contributed by atoms with van der Waals surface area (Å²) in [6.07, 6.45) is 0.312. The number of hydrogen-bond acceptors (Lipinski definition) is 5. The number of benzene rings is 1. The van der Waals surface area contributed by atoms with E-state index in [0.29, 0.717) is 22.9 Å². The Morgan fingerprint density at radius 3 is 2.52 bits per heavy atom. The van der Waals surface area contributed by atoms with Crippen molar-refractivity contribution in [1.82, 2.24) is 4.98 Å². The molecule has 1 aromatic carbocycles. The number of hydrogen-bond donors (Lipinski definition) is 1. The van der Waals surface area contributed by atoms with Gasteiger partial charge in [0.25, 0.3) is 5.91 Å². The van der Waals surface area contributed by atoms with E-state index in [4.69, 9.17) is 32.7 Å². The van der Waals surface area contributed by atoms with Crippen LogP contribution >= 0.6 is 23.2 Å². The number of nitrogens with zero attached hydrogens (tertiary/aromatic N) is 1. The topological polar surface area (TPSA) is 77.5 Å². The Hall–Kier alpha value is -2.31. The van der Waals surface area contributed by atoms with Crippen molar-refractivity contribution in [2.24, 2.45) is 0 Å². The first kappa shape index (κ1) is 19.0. The molecule has 1 atom stereocenters. The van der Waals surface area contributed by atoms with Crippen molar-refractivity contribution < 1.29 is 19.1 Å². The number of esters is 1. The van der Waals surface area contributed by atoms with Gasteiger partial charge in [-0.2, -0.15) is 0 Å². The van der Waals surface area contributed by atoms with Gasteiger partial charge in [-0.3, -0.25) is 4.79 Å². The third-order valence-electron chi connectivity index (χ3n) is 3.10. The lowest BCUT2D eigenvalue weighted by atomic mass is 10.2. The number of carbonyl (C=O) groups excluding carboxylic acids is 2. The fraction of sp³-hybridized carbons (Fsp3) is 0.235. The van der Waals surface area contributed by atoms with Gasteiger partial charge in [0, 0.05) is 6.20 Å². The molecule has 0 saturated heterocycles. The van der Waals surface area contributed by atoms with E-state index in [2.05, 4.69) is 10.3 Å². The van der Waals surface area contributed by atoms with Gasteiger partial charge in [0.2, 0.25) is 0 Å². The largest absolute Gasteiger partial charge is 0.494 e. The predicted octanol–water partition coefficient (Wildman–Crippen LogP) is 3.97. The normalized spacial score (nSPS) is 11.5. The van der Waals surface area contributed by atoms with Crippen molar-refractivity contribution in [2.75, 3.05) is 11.9 Å². The lowest BCUT2D eigenvalue weighted by molar-refractivity contribution is -0.123. The van der Waals surface area contributed by atoms with Crippen LogP contribution in [0.3, 0.4) is 0 Å². The maximum Gasteiger partial charge on any atom is 0.338 e. The molecule has 0 saturated carbocycles. The molecule has 2 aromatic rings. The SMILES string of the molecule is CCOc1ccc(C(=O)O[C@H](C)C(=O)Nc2ncc(Cl)cc2Cl)cc1. The summed E-state index contributed by atoms with van der Waals surface area (Å²) >= 11 is 11.7. The van der Waals surface area contributed by atoms with Gasteiger partial charge in [0.15, 0.2) is 11.9 Å². The predicted molar refractivity (Wildman–Crippen MR) is 95.4 cm³/mol. The highest BCUT2D eigenvalue weighted by Crippen LogP contribution is 2.22. The average molecular weight is 383 g/mol. The van der Waals surface area contributed by atoms with Crippen molar-refractivity contribution in [2.45, 2.75) is 20.0 Å². The highest BCUT2D eigenvalue weighted by molar-refractivity contribution is 6.36. The number of aromatic nitrogens is 1.